The second kappa shape index (κ2) is 8.12. The van der Waals surface area contributed by atoms with Crippen LogP contribution in [0.15, 0.2) is 60.7 Å². The molecule has 1 amide bonds. The molecule has 138 valence electrons. The third kappa shape index (κ3) is 4.05. The summed E-state index contributed by atoms with van der Waals surface area (Å²) in [5.41, 5.74) is 2.21. The third-order valence-corrected chi connectivity index (χ3v) is 5.34. The zero-order valence-corrected chi connectivity index (χ0v) is 15.2. The molecule has 1 fully saturated rings. The largest absolute Gasteiger partial charge is 0.349 e. The van der Waals surface area contributed by atoms with E-state index in [4.69, 9.17) is 0 Å². The third-order valence-electron chi connectivity index (χ3n) is 5.34. The summed E-state index contributed by atoms with van der Waals surface area (Å²) < 4.78 is 1.47. The van der Waals surface area contributed by atoms with Crippen LogP contribution < -0.4 is 5.32 Å². The normalized spacial score (nSPS) is 19.6. The summed E-state index contributed by atoms with van der Waals surface area (Å²) in [6, 6.07) is 20.2. The van der Waals surface area contributed by atoms with Gasteiger partial charge in [-0.1, -0.05) is 48.5 Å². The smallest absolute Gasteiger partial charge is 0.291 e. The predicted molar refractivity (Wildman–Crippen MR) is 103 cm³/mol. The number of carbonyl (C=O) groups excluding carboxylic acids is 1. The molecule has 1 heterocycles. The Morgan fingerprint density at radius 1 is 0.963 bits per heavy atom. The van der Waals surface area contributed by atoms with Crippen molar-refractivity contribution in [2.24, 2.45) is 5.92 Å². The molecule has 0 aliphatic heterocycles. The van der Waals surface area contributed by atoms with Gasteiger partial charge in [-0.3, -0.25) is 4.79 Å². The fraction of sp³-hybridized carbons (Fsp3) is 0.333. The molecule has 4 rings (SSSR count). The first kappa shape index (κ1) is 17.4. The minimum Gasteiger partial charge on any atom is -0.349 e. The molecule has 1 aromatic heterocycles. The van der Waals surface area contributed by atoms with E-state index in [1.165, 1.54) is 23.1 Å². The van der Waals surface area contributed by atoms with Crippen LogP contribution in [0.5, 0.6) is 0 Å². The summed E-state index contributed by atoms with van der Waals surface area (Å²) >= 11 is 0. The van der Waals surface area contributed by atoms with Crippen molar-refractivity contribution in [2.75, 3.05) is 6.54 Å². The second-order valence-corrected chi connectivity index (χ2v) is 7.09. The Morgan fingerprint density at radius 2 is 1.63 bits per heavy atom. The van der Waals surface area contributed by atoms with Gasteiger partial charge in [0.15, 0.2) is 0 Å². The van der Waals surface area contributed by atoms with Crippen molar-refractivity contribution in [1.29, 1.82) is 0 Å². The van der Waals surface area contributed by atoms with Crippen molar-refractivity contribution < 1.29 is 4.79 Å². The van der Waals surface area contributed by atoms with E-state index in [0.717, 1.165) is 18.5 Å². The first-order valence-electron chi connectivity index (χ1n) is 9.48. The number of amides is 1. The molecule has 0 spiro atoms. The molecule has 1 aliphatic carbocycles. The highest BCUT2D eigenvalue weighted by Crippen LogP contribution is 2.35. The Hall–Kier alpha value is -3.02. The first-order valence-corrected chi connectivity index (χ1v) is 9.48. The highest BCUT2D eigenvalue weighted by molar-refractivity contribution is 5.90. The minimum absolute atomic E-state index is 0.221. The highest BCUT2D eigenvalue weighted by atomic mass is 16.2. The lowest BCUT2D eigenvalue weighted by Crippen LogP contribution is -2.32. The standard InChI is InChI=1S/C21H23N5O/c27-21(20-23-24-25-26(20)19-9-5-2-6-10-19)22-15-16-11-13-18(14-12-16)17-7-3-1-4-8-17/h1-10,16,18H,11-15H2,(H,22,27). The number of hydrogen-bond donors (Lipinski definition) is 1. The first-order chi connectivity index (χ1) is 13.3. The summed E-state index contributed by atoms with van der Waals surface area (Å²) in [5, 5.41) is 14.5. The summed E-state index contributed by atoms with van der Waals surface area (Å²) in [4.78, 5) is 12.6. The Bertz CT molecular complexity index is 870. The number of benzene rings is 2. The molecule has 1 N–H and O–H groups in total. The van der Waals surface area contributed by atoms with E-state index in [0.29, 0.717) is 18.4 Å². The van der Waals surface area contributed by atoms with E-state index in [1.54, 1.807) is 0 Å². The summed E-state index contributed by atoms with van der Waals surface area (Å²) in [6.45, 7) is 0.669. The van der Waals surface area contributed by atoms with Gasteiger partial charge in [0.05, 0.1) is 5.69 Å². The van der Waals surface area contributed by atoms with E-state index < -0.39 is 0 Å². The van der Waals surface area contributed by atoms with Crippen molar-refractivity contribution in [2.45, 2.75) is 31.6 Å². The van der Waals surface area contributed by atoms with Crippen molar-refractivity contribution in [3.8, 4) is 5.69 Å². The van der Waals surface area contributed by atoms with Crippen LogP contribution in [0.1, 0.15) is 47.8 Å². The van der Waals surface area contributed by atoms with Crippen LogP contribution >= 0.6 is 0 Å². The Balaban J connectivity index is 1.32. The molecule has 1 aliphatic rings. The maximum absolute atomic E-state index is 12.6. The van der Waals surface area contributed by atoms with Gasteiger partial charge >= 0.3 is 0 Å². The summed E-state index contributed by atoms with van der Waals surface area (Å²) in [7, 11) is 0. The SMILES string of the molecule is O=C(NCC1CCC(c2ccccc2)CC1)c1nnnn1-c1ccccc1. The van der Waals surface area contributed by atoms with Crippen molar-refractivity contribution in [3.05, 3.63) is 72.1 Å². The van der Waals surface area contributed by atoms with E-state index in [9.17, 15) is 4.79 Å². The molecule has 0 atom stereocenters. The molecule has 3 aromatic rings. The average molecular weight is 361 g/mol. The molecule has 6 nitrogen and oxygen atoms in total. The fourth-order valence-electron chi connectivity index (χ4n) is 3.81. The molecule has 0 unspecified atom stereocenters. The molecular weight excluding hydrogens is 338 g/mol. The second-order valence-electron chi connectivity index (χ2n) is 7.09. The van der Waals surface area contributed by atoms with Gasteiger partial charge in [-0.15, -0.1) is 5.10 Å². The van der Waals surface area contributed by atoms with Gasteiger partial charge in [-0.05, 0) is 65.6 Å². The molecular formula is C21H23N5O. The monoisotopic (exact) mass is 361 g/mol. The lowest BCUT2D eigenvalue weighted by Gasteiger charge is -2.28. The fourth-order valence-corrected chi connectivity index (χ4v) is 3.81. The van der Waals surface area contributed by atoms with Gasteiger partial charge in [0, 0.05) is 6.54 Å². The number of tetrazole rings is 1. The summed E-state index contributed by atoms with van der Waals surface area (Å²) in [5.74, 6) is 1.15. The van der Waals surface area contributed by atoms with Gasteiger partial charge < -0.3 is 5.32 Å². The van der Waals surface area contributed by atoms with Gasteiger partial charge in [0.25, 0.3) is 5.91 Å². The van der Waals surface area contributed by atoms with Crippen LogP contribution in [0.2, 0.25) is 0 Å². The van der Waals surface area contributed by atoms with E-state index >= 15 is 0 Å². The van der Waals surface area contributed by atoms with Crippen LogP contribution in [-0.4, -0.2) is 32.7 Å². The summed E-state index contributed by atoms with van der Waals surface area (Å²) in [6.07, 6.45) is 4.60. The lowest BCUT2D eigenvalue weighted by atomic mass is 9.79. The topological polar surface area (TPSA) is 72.7 Å². The van der Waals surface area contributed by atoms with E-state index in [-0.39, 0.29) is 11.7 Å². The quantitative estimate of drug-likeness (QED) is 0.756. The predicted octanol–water partition coefficient (Wildman–Crippen LogP) is 3.37. The Labute approximate surface area is 158 Å². The van der Waals surface area contributed by atoms with Crippen molar-refractivity contribution >= 4 is 5.91 Å². The van der Waals surface area contributed by atoms with Crippen LogP contribution in [-0.2, 0) is 0 Å². The maximum atomic E-state index is 12.6. The average Bonchev–Trinajstić information content (AvgIpc) is 3.24. The van der Waals surface area contributed by atoms with E-state index in [1.807, 2.05) is 30.3 Å². The number of nitrogens with zero attached hydrogens (tertiary/aromatic N) is 4. The van der Waals surface area contributed by atoms with Gasteiger partial charge in [0.2, 0.25) is 5.82 Å². The highest BCUT2D eigenvalue weighted by Gasteiger charge is 2.24. The zero-order valence-electron chi connectivity index (χ0n) is 15.2. The molecule has 0 saturated heterocycles. The van der Waals surface area contributed by atoms with Crippen LogP contribution in [0, 0.1) is 5.92 Å². The van der Waals surface area contributed by atoms with Crippen molar-refractivity contribution in [1.82, 2.24) is 25.5 Å². The van der Waals surface area contributed by atoms with Crippen LogP contribution in [0.4, 0.5) is 0 Å². The van der Waals surface area contributed by atoms with Gasteiger partial charge in [-0.2, -0.15) is 4.68 Å². The number of rotatable bonds is 5. The minimum atomic E-state index is -0.228. The molecule has 1 saturated carbocycles. The van der Waals surface area contributed by atoms with Crippen LogP contribution in [0.3, 0.4) is 0 Å². The zero-order chi connectivity index (χ0) is 18.5. The molecule has 0 radical (unpaired) electrons. The number of aromatic nitrogens is 4. The molecule has 6 heteroatoms. The maximum Gasteiger partial charge on any atom is 0.291 e. The molecule has 27 heavy (non-hydrogen) atoms. The Kier molecular flexibility index (Phi) is 5.23. The number of carbonyl (C=O) groups is 1. The number of hydrogen-bond acceptors (Lipinski definition) is 4. The molecule has 0 bridgehead atoms. The number of para-hydroxylation sites is 1. The Morgan fingerprint density at radius 3 is 2.33 bits per heavy atom. The lowest BCUT2D eigenvalue weighted by molar-refractivity contribution is 0.0929. The van der Waals surface area contributed by atoms with E-state index in [2.05, 4.69) is 51.2 Å². The van der Waals surface area contributed by atoms with Crippen molar-refractivity contribution in [3.63, 3.8) is 0 Å². The van der Waals surface area contributed by atoms with Gasteiger partial charge in [-0.25, -0.2) is 0 Å². The number of nitrogens with one attached hydrogen (secondary N) is 1. The van der Waals surface area contributed by atoms with Crippen LogP contribution in [0.25, 0.3) is 5.69 Å². The molecule has 2 aromatic carbocycles. The van der Waals surface area contributed by atoms with Gasteiger partial charge in [0.1, 0.15) is 0 Å².